The molecule has 1 atom stereocenters. The molecule has 70 heavy (non-hydrogen) atoms. The second kappa shape index (κ2) is 58.2. The molecule has 0 aromatic carbocycles. The summed E-state index contributed by atoms with van der Waals surface area (Å²) in [6.07, 6.45) is 76.2. The van der Waals surface area contributed by atoms with Crippen molar-refractivity contribution >= 4 is 17.9 Å². The zero-order valence-electron chi connectivity index (χ0n) is 46.0. The van der Waals surface area contributed by atoms with Crippen LogP contribution < -0.4 is 0 Å². The van der Waals surface area contributed by atoms with Crippen molar-refractivity contribution < 1.29 is 28.6 Å². The zero-order chi connectivity index (χ0) is 50.7. The van der Waals surface area contributed by atoms with E-state index in [9.17, 15) is 14.4 Å². The van der Waals surface area contributed by atoms with E-state index in [1.807, 2.05) is 0 Å². The summed E-state index contributed by atoms with van der Waals surface area (Å²) < 4.78 is 16.7. The molecular weight excluding hydrogens is 865 g/mol. The lowest BCUT2D eigenvalue weighted by Crippen LogP contribution is -2.30. The quantitative estimate of drug-likeness (QED) is 0.0261. The van der Waals surface area contributed by atoms with Crippen LogP contribution in [0, 0.1) is 0 Å². The molecule has 0 aliphatic carbocycles. The minimum absolute atomic E-state index is 0.0768. The minimum atomic E-state index is -0.775. The summed E-state index contributed by atoms with van der Waals surface area (Å²) in [7, 11) is 0. The van der Waals surface area contributed by atoms with Gasteiger partial charge in [-0.2, -0.15) is 0 Å². The van der Waals surface area contributed by atoms with Crippen molar-refractivity contribution in [2.24, 2.45) is 0 Å². The molecule has 0 aromatic heterocycles. The van der Waals surface area contributed by atoms with Crippen molar-refractivity contribution in [1.82, 2.24) is 0 Å². The first-order valence-corrected chi connectivity index (χ1v) is 29.6. The Labute approximate surface area is 433 Å². The first-order valence-electron chi connectivity index (χ1n) is 29.6. The number of hydrogen-bond acceptors (Lipinski definition) is 6. The molecule has 6 nitrogen and oxygen atoms in total. The Bertz CT molecular complexity index is 1350. The Morgan fingerprint density at radius 1 is 0.300 bits per heavy atom. The smallest absolute Gasteiger partial charge is 0.306 e. The standard InChI is InChI=1S/C64H110O6/c1-4-7-10-13-16-18-20-22-23-24-25-26-27-28-29-30-31-32-33-34-35-36-37-38-39-40-41-42-44-45-48-51-54-57-63(66)69-60-61(59-68-62(65)56-53-50-47-15-12-9-6-3)70-64(67)58-55-52-49-46-43-21-19-17-14-11-8-5-2/h7,10,16-19,22-23,25-26,28-29,31-32,61H,4-6,8-9,11-15,20-21,24,27,30,33-60H2,1-3H3/b10-7-,18-16-,19-17-,23-22-,26-25-,29-28-,32-31-. The number of esters is 3. The zero-order valence-corrected chi connectivity index (χ0v) is 46.0. The van der Waals surface area contributed by atoms with Crippen molar-refractivity contribution in [3.63, 3.8) is 0 Å². The molecule has 0 amide bonds. The number of hydrogen-bond donors (Lipinski definition) is 0. The molecule has 0 rings (SSSR count). The van der Waals surface area contributed by atoms with Crippen LogP contribution in [-0.2, 0) is 28.6 Å². The van der Waals surface area contributed by atoms with Crippen LogP contribution in [0.25, 0.3) is 0 Å². The number of rotatable bonds is 53. The Kier molecular flexibility index (Phi) is 55.3. The van der Waals surface area contributed by atoms with Crippen molar-refractivity contribution in [3.05, 3.63) is 85.1 Å². The Balaban J connectivity index is 4.01. The molecule has 0 aliphatic rings. The van der Waals surface area contributed by atoms with Gasteiger partial charge in [-0.25, -0.2) is 0 Å². The van der Waals surface area contributed by atoms with E-state index in [-0.39, 0.29) is 31.1 Å². The molecule has 0 saturated carbocycles. The third kappa shape index (κ3) is 55.5. The largest absolute Gasteiger partial charge is 0.462 e. The number of carbonyl (C=O) groups is 3. The van der Waals surface area contributed by atoms with Crippen LogP contribution in [0.3, 0.4) is 0 Å². The molecule has 6 heteroatoms. The molecule has 1 unspecified atom stereocenters. The Morgan fingerprint density at radius 2 is 0.557 bits per heavy atom. The Morgan fingerprint density at radius 3 is 0.914 bits per heavy atom. The lowest BCUT2D eigenvalue weighted by Gasteiger charge is -2.18. The number of carbonyl (C=O) groups excluding carboxylic acids is 3. The van der Waals surface area contributed by atoms with Crippen LogP contribution in [0.2, 0.25) is 0 Å². The van der Waals surface area contributed by atoms with Crippen LogP contribution in [0.5, 0.6) is 0 Å². The maximum atomic E-state index is 12.7. The predicted octanol–water partition coefficient (Wildman–Crippen LogP) is 19.9. The fourth-order valence-electron chi connectivity index (χ4n) is 8.21. The lowest BCUT2D eigenvalue weighted by molar-refractivity contribution is -0.167. The molecule has 0 saturated heterocycles. The second-order valence-corrected chi connectivity index (χ2v) is 19.5. The molecule has 0 radical (unpaired) electrons. The average molecular weight is 976 g/mol. The molecule has 0 bridgehead atoms. The van der Waals surface area contributed by atoms with Gasteiger partial charge < -0.3 is 14.2 Å². The van der Waals surface area contributed by atoms with E-state index < -0.39 is 6.10 Å². The minimum Gasteiger partial charge on any atom is -0.462 e. The second-order valence-electron chi connectivity index (χ2n) is 19.5. The van der Waals surface area contributed by atoms with E-state index in [2.05, 4.69) is 106 Å². The van der Waals surface area contributed by atoms with Gasteiger partial charge in [-0.15, -0.1) is 0 Å². The highest BCUT2D eigenvalue weighted by atomic mass is 16.6. The van der Waals surface area contributed by atoms with Gasteiger partial charge in [-0.3, -0.25) is 14.4 Å². The van der Waals surface area contributed by atoms with E-state index >= 15 is 0 Å². The van der Waals surface area contributed by atoms with Gasteiger partial charge in [0.25, 0.3) is 0 Å². The molecule has 0 N–H and O–H groups in total. The van der Waals surface area contributed by atoms with Crippen molar-refractivity contribution in [2.75, 3.05) is 13.2 Å². The van der Waals surface area contributed by atoms with Gasteiger partial charge in [-0.1, -0.05) is 254 Å². The monoisotopic (exact) mass is 975 g/mol. The Hall–Kier alpha value is -3.41. The summed E-state index contributed by atoms with van der Waals surface area (Å²) in [6.45, 7) is 6.46. The SMILES string of the molecule is CC/C=C\C/C=C\C/C=C\C/C=C\C/C=C\C/C=C\CCCCCCCCCCCCCCCCC(=O)OCC(COC(=O)CCCCCCCCC)OC(=O)CCCCCCC/C=C\CCCCC. The number of unbranched alkanes of at least 4 members (excludes halogenated alkanes) is 28. The topological polar surface area (TPSA) is 78.9 Å². The van der Waals surface area contributed by atoms with E-state index in [0.717, 1.165) is 109 Å². The summed E-state index contributed by atoms with van der Waals surface area (Å²) in [5, 5.41) is 0. The molecule has 0 aliphatic heterocycles. The van der Waals surface area contributed by atoms with Crippen LogP contribution in [0.4, 0.5) is 0 Å². The van der Waals surface area contributed by atoms with Gasteiger partial charge in [0.15, 0.2) is 6.10 Å². The third-order valence-electron chi connectivity index (χ3n) is 12.6. The van der Waals surface area contributed by atoms with Crippen molar-refractivity contribution in [3.8, 4) is 0 Å². The predicted molar refractivity (Wildman–Crippen MR) is 302 cm³/mol. The van der Waals surface area contributed by atoms with Crippen molar-refractivity contribution in [2.45, 2.75) is 290 Å². The number of allylic oxidation sites excluding steroid dienone is 14. The van der Waals surface area contributed by atoms with Crippen LogP contribution in [0.15, 0.2) is 85.1 Å². The fourth-order valence-corrected chi connectivity index (χ4v) is 8.21. The third-order valence-corrected chi connectivity index (χ3v) is 12.6. The maximum Gasteiger partial charge on any atom is 0.306 e. The summed E-state index contributed by atoms with van der Waals surface area (Å²) in [5.41, 5.74) is 0. The van der Waals surface area contributed by atoms with Gasteiger partial charge in [0.2, 0.25) is 0 Å². The molecule has 0 heterocycles. The van der Waals surface area contributed by atoms with Gasteiger partial charge >= 0.3 is 17.9 Å². The lowest BCUT2D eigenvalue weighted by atomic mass is 10.0. The first-order chi connectivity index (χ1) is 34.5. The van der Waals surface area contributed by atoms with Gasteiger partial charge in [0.1, 0.15) is 13.2 Å². The maximum absolute atomic E-state index is 12.7. The van der Waals surface area contributed by atoms with E-state index in [4.69, 9.17) is 14.2 Å². The summed E-state index contributed by atoms with van der Waals surface area (Å²) in [4.78, 5) is 37.9. The molecule has 402 valence electrons. The van der Waals surface area contributed by atoms with Crippen LogP contribution >= 0.6 is 0 Å². The van der Waals surface area contributed by atoms with E-state index in [1.165, 1.54) is 135 Å². The highest BCUT2D eigenvalue weighted by Gasteiger charge is 2.19. The highest BCUT2D eigenvalue weighted by molar-refractivity contribution is 5.71. The van der Waals surface area contributed by atoms with Gasteiger partial charge in [0.05, 0.1) is 0 Å². The molecule has 0 aromatic rings. The van der Waals surface area contributed by atoms with Crippen LogP contribution in [-0.4, -0.2) is 37.2 Å². The summed E-state index contributed by atoms with van der Waals surface area (Å²) >= 11 is 0. The first kappa shape index (κ1) is 66.6. The van der Waals surface area contributed by atoms with Gasteiger partial charge in [-0.05, 0) is 96.3 Å². The van der Waals surface area contributed by atoms with E-state index in [1.54, 1.807) is 0 Å². The number of ether oxygens (including phenoxy) is 3. The molecule has 0 spiro atoms. The highest BCUT2D eigenvalue weighted by Crippen LogP contribution is 2.16. The van der Waals surface area contributed by atoms with Crippen molar-refractivity contribution in [1.29, 1.82) is 0 Å². The average Bonchev–Trinajstić information content (AvgIpc) is 3.36. The van der Waals surface area contributed by atoms with Gasteiger partial charge in [0, 0.05) is 19.3 Å². The summed E-state index contributed by atoms with van der Waals surface area (Å²) in [6, 6.07) is 0. The molecular formula is C64H110O6. The van der Waals surface area contributed by atoms with Crippen LogP contribution in [0.1, 0.15) is 284 Å². The van der Waals surface area contributed by atoms with E-state index in [0.29, 0.717) is 19.3 Å². The summed E-state index contributed by atoms with van der Waals surface area (Å²) in [5.74, 6) is -0.888. The fraction of sp³-hybridized carbons (Fsp3) is 0.734. The molecule has 0 fully saturated rings. The normalized spacial score (nSPS) is 12.7.